The minimum Gasteiger partial charge on any atom is -0.477 e. The van der Waals surface area contributed by atoms with Crippen LogP contribution in [0.3, 0.4) is 0 Å². The Morgan fingerprint density at radius 2 is 2.11 bits per heavy atom. The van der Waals surface area contributed by atoms with Crippen LogP contribution in [-0.4, -0.2) is 22.0 Å². The van der Waals surface area contributed by atoms with Gasteiger partial charge in [-0.3, -0.25) is 9.78 Å². The zero-order valence-corrected chi connectivity index (χ0v) is 10.8. The van der Waals surface area contributed by atoms with Crippen molar-refractivity contribution in [2.24, 2.45) is 0 Å². The number of nitrogens with zero attached hydrogens (tertiary/aromatic N) is 1. The number of thiophene rings is 1. The highest BCUT2D eigenvalue weighted by Crippen LogP contribution is 2.21. The number of amides is 1. The van der Waals surface area contributed by atoms with E-state index in [1.165, 1.54) is 6.07 Å². The molecule has 2 rings (SSSR count). The van der Waals surface area contributed by atoms with E-state index >= 15 is 0 Å². The summed E-state index contributed by atoms with van der Waals surface area (Å²) in [6.45, 7) is 0. The predicted octanol–water partition coefficient (Wildman–Crippen LogP) is 2.41. The highest BCUT2D eigenvalue weighted by molar-refractivity contribution is 7.18. The minimum atomic E-state index is -0.987. The number of aromatic nitrogens is 1. The molecule has 2 heterocycles. The molecule has 0 saturated heterocycles. The van der Waals surface area contributed by atoms with E-state index in [4.69, 9.17) is 5.11 Å². The number of aryl methyl sites for hydroxylation is 1. The molecule has 0 saturated carbocycles. The summed E-state index contributed by atoms with van der Waals surface area (Å²) in [6, 6.07) is 8.62. The highest BCUT2D eigenvalue weighted by atomic mass is 32.1. The van der Waals surface area contributed by atoms with Gasteiger partial charge >= 0.3 is 5.97 Å². The number of hydrogen-bond donors (Lipinski definition) is 2. The molecule has 0 radical (unpaired) electrons. The lowest BCUT2D eigenvalue weighted by Gasteiger charge is -2.02. The van der Waals surface area contributed by atoms with E-state index in [1.807, 2.05) is 18.2 Å². The van der Waals surface area contributed by atoms with Crippen molar-refractivity contribution < 1.29 is 14.7 Å². The van der Waals surface area contributed by atoms with Crippen molar-refractivity contribution in [3.63, 3.8) is 0 Å². The molecule has 0 aliphatic carbocycles. The largest absolute Gasteiger partial charge is 0.477 e. The molecule has 1 amide bonds. The van der Waals surface area contributed by atoms with Crippen molar-refractivity contribution in [2.75, 3.05) is 5.32 Å². The number of carbonyl (C=O) groups excluding carboxylic acids is 1. The summed E-state index contributed by atoms with van der Waals surface area (Å²) in [5.74, 6) is -1.14. The van der Waals surface area contributed by atoms with Crippen LogP contribution >= 0.6 is 11.3 Å². The fourth-order valence-electron chi connectivity index (χ4n) is 1.51. The maximum absolute atomic E-state index is 11.7. The quantitative estimate of drug-likeness (QED) is 0.879. The monoisotopic (exact) mass is 276 g/mol. The predicted molar refractivity (Wildman–Crippen MR) is 72.5 cm³/mol. The Balaban J connectivity index is 1.85. The lowest BCUT2D eigenvalue weighted by atomic mass is 10.2. The van der Waals surface area contributed by atoms with Gasteiger partial charge in [-0.25, -0.2) is 4.79 Å². The molecule has 0 atom stereocenters. The second kappa shape index (κ2) is 6.10. The summed E-state index contributed by atoms with van der Waals surface area (Å²) < 4.78 is 0. The van der Waals surface area contributed by atoms with Gasteiger partial charge in [-0.1, -0.05) is 6.07 Å². The second-order valence-electron chi connectivity index (χ2n) is 3.84. The van der Waals surface area contributed by atoms with Gasteiger partial charge in [0.25, 0.3) is 0 Å². The molecule has 2 N–H and O–H groups in total. The topological polar surface area (TPSA) is 79.3 Å². The number of hydrogen-bond acceptors (Lipinski definition) is 4. The molecular weight excluding hydrogens is 264 g/mol. The van der Waals surface area contributed by atoms with Crippen molar-refractivity contribution >= 4 is 28.2 Å². The van der Waals surface area contributed by atoms with Crippen LogP contribution in [0.1, 0.15) is 21.8 Å². The van der Waals surface area contributed by atoms with E-state index in [-0.39, 0.29) is 10.8 Å². The molecule has 2 aromatic heterocycles. The number of aromatic carboxylic acids is 1. The van der Waals surface area contributed by atoms with Gasteiger partial charge in [0.1, 0.15) is 4.88 Å². The Morgan fingerprint density at radius 3 is 2.74 bits per heavy atom. The first-order valence-corrected chi connectivity index (χ1v) is 6.49. The fourth-order valence-corrected chi connectivity index (χ4v) is 2.27. The van der Waals surface area contributed by atoms with E-state index < -0.39 is 5.97 Å². The first kappa shape index (κ1) is 13.2. The molecule has 6 heteroatoms. The Kier molecular flexibility index (Phi) is 4.25. The van der Waals surface area contributed by atoms with Gasteiger partial charge in [0.15, 0.2) is 0 Å². The van der Waals surface area contributed by atoms with Crippen molar-refractivity contribution in [1.29, 1.82) is 0 Å². The van der Waals surface area contributed by atoms with Crippen molar-refractivity contribution in [1.82, 2.24) is 4.98 Å². The standard InChI is InChI=1S/C13H12N2O3S/c16-11(6-4-9-3-1-2-8-14-9)15-12-7-5-10(19-12)13(17)18/h1-3,5,7-8H,4,6H2,(H,15,16)(H,17,18). The molecule has 0 aromatic carbocycles. The van der Waals surface area contributed by atoms with E-state index in [9.17, 15) is 9.59 Å². The number of anilines is 1. The van der Waals surface area contributed by atoms with Crippen molar-refractivity contribution in [3.8, 4) is 0 Å². The molecule has 0 unspecified atom stereocenters. The van der Waals surface area contributed by atoms with Crippen LogP contribution in [0, 0.1) is 0 Å². The summed E-state index contributed by atoms with van der Waals surface area (Å²) >= 11 is 1.04. The maximum Gasteiger partial charge on any atom is 0.345 e. The summed E-state index contributed by atoms with van der Waals surface area (Å²) in [6.07, 6.45) is 2.56. The third-order valence-electron chi connectivity index (χ3n) is 2.41. The number of pyridine rings is 1. The minimum absolute atomic E-state index is 0.149. The SMILES string of the molecule is O=C(CCc1ccccn1)Nc1ccc(C(=O)O)s1. The first-order chi connectivity index (χ1) is 9.15. The average Bonchev–Trinajstić information content (AvgIpc) is 2.86. The zero-order chi connectivity index (χ0) is 13.7. The Hall–Kier alpha value is -2.21. The molecule has 2 aromatic rings. The molecule has 5 nitrogen and oxygen atoms in total. The number of carbonyl (C=O) groups is 2. The third kappa shape index (κ3) is 3.89. The molecule has 0 spiro atoms. The summed E-state index contributed by atoms with van der Waals surface area (Å²) in [4.78, 5) is 26.7. The van der Waals surface area contributed by atoms with Gasteiger partial charge < -0.3 is 10.4 Å². The number of carboxylic acids is 1. The van der Waals surface area contributed by atoms with Gasteiger partial charge in [-0.2, -0.15) is 0 Å². The average molecular weight is 276 g/mol. The van der Waals surface area contributed by atoms with Crippen LogP contribution in [0.15, 0.2) is 36.5 Å². The normalized spacial score (nSPS) is 10.1. The van der Waals surface area contributed by atoms with Crippen LogP contribution < -0.4 is 5.32 Å². The van der Waals surface area contributed by atoms with E-state index in [0.29, 0.717) is 17.8 Å². The van der Waals surface area contributed by atoms with Crippen LogP contribution in [0.4, 0.5) is 5.00 Å². The molecule has 0 aliphatic rings. The van der Waals surface area contributed by atoms with Crippen molar-refractivity contribution in [3.05, 3.63) is 47.1 Å². The van der Waals surface area contributed by atoms with E-state index in [1.54, 1.807) is 12.3 Å². The van der Waals surface area contributed by atoms with Gasteiger partial charge in [-0.15, -0.1) is 11.3 Å². The molecule has 0 aliphatic heterocycles. The van der Waals surface area contributed by atoms with Crippen LogP contribution in [0.25, 0.3) is 0 Å². The summed E-state index contributed by atoms with van der Waals surface area (Å²) in [5, 5.41) is 12.0. The van der Waals surface area contributed by atoms with Gasteiger partial charge in [0.2, 0.25) is 5.91 Å². The third-order valence-corrected chi connectivity index (χ3v) is 3.40. The molecular formula is C13H12N2O3S. The van der Waals surface area contributed by atoms with Gasteiger partial charge in [-0.05, 0) is 30.7 Å². The Labute approximate surface area is 113 Å². The fraction of sp³-hybridized carbons (Fsp3) is 0.154. The zero-order valence-electron chi connectivity index (χ0n) is 10.00. The van der Waals surface area contributed by atoms with Gasteiger partial charge in [0, 0.05) is 18.3 Å². The second-order valence-corrected chi connectivity index (χ2v) is 4.92. The molecule has 0 fully saturated rings. The first-order valence-electron chi connectivity index (χ1n) is 5.68. The number of nitrogens with one attached hydrogen (secondary N) is 1. The van der Waals surface area contributed by atoms with E-state index in [2.05, 4.69) is 10.3 Å². The lowest BCUT2D eigenvalue weighted by molar-refractivity contribution is -0.116. The molecule has 19 heavy (non-hydrogen) atoms. The maximum atomic E-state index is 11.7. The molecule has 0 bridgehead atoms. The molecule has 98 valence electrons. The smallest absolute Gasteiger partial charge is 0.345 e. The highest BCUT2D eigenvalue weighted by Gasteiger charge is 2.09. The summed E-state index contributed by atoms with van der Waals surface area (Å²) in [7, 11) is 0. The van der Waals surface area contributed by atoms with Crippen LogP contribution in [-0.2, 0) is 11.2 Å². The van der Waals surface area contributed by atoms with Gasteiger partial charge in [0.05, 0.1) is 5.00 Å². The lowest BCUT2D eigenvalue weighted by Crippen LogP contribution is -2.11. The van der Waals surface area contributed by atoms with Crippen LogP contribution in [0.2, 0.25) is 0 Å². The number of carboxylic acid groups (broad SMARTS) is 1. The Bertz CT molecular complexity index is 581. The summed E-state index contributed by atoms with van der Waals surface area (Å²) in [5.41, 5.74) is 0.857. The van der Waals surface area contributed by atoms with Crippen molar-refractivity contribution in [2.45, 2.75) is 12.8 Å². The van der Waals surface area contributed by atoms with Crippen LogP contribution in [0.5, 0.6) is 0 Å². The van der Waals surface area contributed by atoms with E-state index in [0.717, 1.165) is 17.0 Å². The number of rotatable bonds is 5. The Morgan fingerprint density at radius 1 is 1.26 bits per heavy atom.